The third-order valence-electron chi connectivity index (χ3n) is 7.43. The van der Waals surface area contributed by atoms with E-state index < -0.39 is 17.7 Å². The van der Waals surface area contributed by atoms with Gasteiger partial charge < -0.3 is 14.2 Å². The second-order valence-electron chi connectivity index (χ2n) is 9.99. The molecule has 3 aromatic rings. The number of rotatable bonds is 8. The molecule has 3 aliphatic rings. The first-order valence-corrected chi connectivity index (χ1v) is 11.2. The van der Waals surface area contributed by atoms with Gasteiger partial charge >= 0.3 is 0 Å². The van der Waals surface area contributed by atoms with E-state index in [2.05, 4.69) is 4.98 Å². The molecule has 0 amide bonds. The molecule has 0 atom stereocenters. The third kappa shape index (κ3) is 3.42. The van der Waals surface area contributed by atoms with Crippen LogP contribution in [0.25, 0.3) is 5.65 Å². The number of pyridine rings is 2. The number of aliphatic hydroxyl groups is 1. The van der Waals surface area contributed by atoms with E-state index >= 15 is 0 Å². The number of halogens is 2. The maximum absolute atomic E-state index is 13.0. The zero-order valence-corrected chi connectivity index (χ0v) is 18.9. The lowest BCUT2D eigenvalue weighted by molar-refractivity contribution is -0.247. The maximum Gasteiger partial charge on any atom is 0.280 e. The summed E-state index contributed by atoms with van der Waals surface area (Å²) in [5.74, 6) is 0.191. The van der Waals surface area contributed by atoms with Crippen LogP contribution in [0.4, 0.5) is 8.78 Å². The highest BCUT2D eigenvalue weighted by molar-refractivity contribution is 5.96. The number of hydrogen-bond donors (Lipinski definition) is 1. The van der Waals surface area contributed by atoms with Gasteiger partial charge in [0, 0.05) is 41.3 Å². The maximum atomic E-state index is 13.0. The minimum absolute atomic E-state index is 0.00690. The fourth-order valence-corrected chi connectivity index (χ4v) is 5.44. The van der Waals surface area contributed by atoms with Crippen LogP contribution in [0.1, 0.15) is 73.9 Å². The van der Waals surface area contributed by atoms with Crippen LogP contribution in [0.5, 0.6) is 5.75 Å². The normalized spacial score (nSPS) is 24.0. The number of aromatic nitrogens is 3. The molecular weight excluding hydrogens is 428 g/mol. The van der Waals surface area contributed by atoms with Crippen LogP contribution in [-0.2, 0) is 11.8 Å². The van der Waals surface area contributed by atoms with Crippen molar-refractivity contribution < 1.29 is 23.4 Å². The summed E-state index contributed by atoms with van der Waals surface area (Å²) in [5.41, 5.74) is 1.25. The van der Waals surface area contributed by atoms with E-state index in [0.29, 0.717) is 17.9 Å². The number of ether oxygens (including phenoxy) is 1. The van der Waals surface area contributed by atoms with Gasteiger partial charge in [0.05, 0.1) is 17.9 Å². The van der Waals surface area contributed by atoms with Crippen molar-refractivity contribution in [2.75, 3.05) is 6.61 Å². The molecule has 3 saturated carbocycles. The van der Waals surface area contributed by atoms with Crippen molar-refractivity contribution in [3.63, 3.8) is 0 Å². The SMILES string of the molecule is CCOc1cc2nc(C34CC(C(C)(C)O)(C3)C4)cn2cc1CC(=O)c1cccc(C(F)F)n1. The van der Waals surface area contributed by atoms with Crippen LogP contribution in [0, 0.1) is 5.41 Å². The van der Waals surface area contributed by atoms with E-state index in [0.717, 1.165) is 30.6 Å². The van der Waals surface area contributed by atoms with Crippen LogP contribution in [0.2, 0.25) is 0 Å². The summed E-state index contributed by atoms with van der Waals surface area (Å²) < 4.78 is 33.6. The molecule has 0 spiro atoms. The Morgan fingerprint density at radius 1 is 1.24 bits per heavy atom. The van der Waals surface area contributed by atoms with Gasteiger partial charge in [0.25, 0.3) is 6.43 Å². The molecule has 3 aromatic heterocycles. The summed E-state index contributed by atoms with van der Waals surface area (Å²) in [6.07, 6.45) is 3.82. The lowest BCUT2D eigenvalue weighted by Crippen LogP contribution is -2.72. The van der Waals surface area contributed by atoms with Crippen LogP contribution >= 0.6 is 0 Å². The lowest BCUT2D eigenvalue weighted by Gasteiger charge is -2.74. The number of Topliss-reactive ketones (excluding diaryl/α,β-unsaturated/α-hetero) is 1. The molecule has 0 saturated heterocycles. The highest BCUT2D eigenvalue weighted by Gasteiger charge is 2.73. The number of nitrogens with zero attached hydrogens (tertiary/aromatic N) is 3. The highest BCUT2D eigenvalue weighted by atomic mass is 19.3. The summed E-state index contributed by atoms with van der Waals surface area (Å²) >= 11 is 0. The van der Waals surface area contributed by atoms with E-state index in [1.54, 1.807) is 0 Å². The second-order valence-corrected chi connectivity index (χ2v) is 9.99. The van der Waals surface area contributed by atoms with E-state index in [4.69, 9.17) is 9.72 Å². The molecule has 0 aromatic carbocycles. The molecule has 0 aliphatic heterocycles. The van der Waals surface area contributed by atoms with Gasteiger partial charge in [0.1, 0.15) is 22.8 Å². The van der Waals surface area contributed by atoms with Crippen molar-refractivity contribution in [3.05, 3.63) is 59.3 Å². The fourth-order valence-electron chi connectivity index (χ4n) is 5.44. The molecule has 1 N–H and O–H groups in total. The van der Waals surface area contributed by atoms with E-state index in [9.17, 15) is 18.7 Å². The monoisotopic (exact) mass is 455 g/mol. The number of ketones is 1. The van der Waals surface area contributed by atoms with E-state index in [1.165, 1.54) is 18.2 Å². The number of carbonyl (C=O) groups excluding carboxylic acids is 1. The average Bonchev–Trinajstić information content (AvgIpc) is 3.07. The van der Waals surface area contributed by atoms with Crippen molar-refractivity contribution in [1.82, 2.24) is 14.4 Å². The molecular formula is C25H27F2N3O3. The third-order valence-corrected chi connectivity index (χ3v) is 7.43. The van der Waals surface area contributed by atoms with Crippen molar-refractivity contribution in [1.29, 1.82) is 0 Å². The number of hydrogen-bond acceptors (Lipinski definition) is 5. The number of carbonyl (C=O) groups is 1. The first-order valence-electron chi connectivity index (χ1n) is 11.2. The van der Waals surface area contributed by atoms with Crippen molar-refractivity contribution in [3.8, 4) is 5.75 Å². The summed E-state index contributed by atoms with van der Waals surface area (Å²) in [5, 5.41) is 10.5. The Bertz CT molecular complexity index is 1230. The van der Waals surface area contributed by atoms with E-state index in [1.807, 2.05) is 43.6 Å². The molecule has 0 unspecified atom stereocenters. The number of alkyl halides is 2. The lowest BCUT2D eigenvalue weighted by atomic mass is 9.30. The molecule has 3 heterocycles. The first kappa shape index (κ1) is 21.9. The molecule has 174 valence electrons. The Morgan fingerprint density at radius 3 is 2.61 bits per heavy atom. The standard InChI is InChI=1S/C25H27F2N3O3/c1-4-33-19-9-21-29-20(24-12-25(13-24,14-24)23(2,3)32)11-30(21)10-15(19)8-18(31)16-6-5-7-17(28-16)22(26)27/h5-7,9-11,22,32H,4,8,12-14H2,1-3H3. The van der Waals surface area contributed by atoms with Gasteiger partial charge in [0.15, 0.2) is 5.78 Å². The van der Waals surface area contributed by atoms with Gasteiger partial charge in [-0.1, -0.05) is 6.07 Å². The van der Waals surface area contributed by atoms with E-state index in [-0.39, 0.29) is 28.7 Å². The van der Waals surface area contributed by atoms with Gasteiger partial charge in [-0.25, -0.2) is 18.7 Å². The summed E-state index contributed by atoms with van der Waals surface area (Å²) in [7, 11) is 0. The molecule has 33 heavy (non-hydrogen) atoms. The van der Waals surface area contributed by atoms with Gasteiger partial charge in [-0.2, -0.15) is 0 Å². The van der Waals surface area contributed by atoms with Gasteiger partial charge in [-0.15, -0.1) is 0 Å². The molecule has 3 fully saturated rings. The topological polar surface area (TPSA) is 76.7 Å². The average molecular weight is 456 g/mol. The Labute approximate surface area is 190 Å². The number of fused-ring (bicyclic) bond motifs is 1. The van der Waals surface area contributed by atoms with Crippen LogP contribution < -0.4 is 4.74 Å². The Hall–Kier alpha value is -2.87. The molecule has 3 aliphatic carbocycles. The smallest absolute Gasteiger partial charge is 0.280 e. The zero-order valence-electron chi connectivity index (χ0n) is 18.9. The van der Waals surface area contributed by atoms with Crippen molar-refractivity contribution >= 4 is 11.4 Å². The molecule has 0 radical (unpaired) electrons. The molecule has 8 heteroatoms. The van der Waals surface area contributed by atoms with Crippen molar-refractivity contribution in [2.24, 2.45) is 5.41 Å². The van der Waals surface area contributed by atoms with Gasteiger partial charge in [-0.3, -0.25) is 4.79 Å². The fraction of sp³-hybridized carbons (Fsp3) is 0.480. The van der Waals surface area contributed by atoms with Crippen LogP contribution in [-0.4, -0.2) is 37.5 Å². The Balaban J connectivity index is 1.43. The summed E-state index contributed by atoms with van der Waals surface area (Å²) in [6, 6.07) is 5.89. The number of imidazole rings is 1. The predicted octanol–water partition coefficient (Wildman–Crippen LogP) is 4.68. The minimum atomic E-state index is -2.73. The largest absolute Gasteiger partial charge is 0.493 e. The van der Waals surface area contributed by atoms with Crippen LogP contribution in [0.3, 0.4) is 0 Å². The zero-order chi connectivity index (χ0) is 23.6. The Morgan fingerprint density at radius 2 is 1.97 bits per heavy atom. The Kier molecular flexibility index (Phi) is 4.87. The quantitative estimate of drug-likeness (QED) is 0.499. The van der Waals surface area contributed by atoms with Crippen LogP contribution in [0.15, 0.2) is 36.7 Å². The van der Waals surface area contributed by atoms with Crippen molar-refractivity contribution in [2.45, 2.75) is 63.9 Å². The first-order chi connectivity index (χ1) is 15.6. The molecule has 6 nitrogen and oxygen atoms in total. The summed E-state index contributed by atoms with van der Waals surface area (Å²) in [6.45, 7) is 6.03. The minimum Gasteiger partial charge on any atom is -0.493 e. The second kappa shape index (κ2) is 7.32. The highest BCUT2D eigenvalue weighted by Crippen LogP contribution is 2.76. The van der Waals surface area contributed by atoms with Gasteiger partial charge in [-0.05, 0) is 52.2 Å². The molecule has 2 bridgehead atoms. The summed E-state index contributed by atoms with van der Waals surface area (Å²) in [4.78, 5) is 21.5. The predicted molar refractivity (Wildman–Crippen MR) is 118 cm³/mol. The van der Waals surface area contributed by atoms with Gasteiger partial charge in [0.2, 0.25) is 0 Å². The molecule has 6 rings (SSSR count).